The number of phenols is 1. The Morgan fingerprint density at radius 2 is 1.50 bits per heavy atom. The lowest BCUT2D eigenvalue weighted by atomic mass is 9.74. The van der Waals surface area contributed by atoms with E-state index in [4.69, 9.17) is 4.18 Å². The van der Waals surface area contributed by atoms with Gasteiger partial charge in [-0.1, -0.05) is 80.1 Å². The normalized spacial score (nSPS) is 13.2. The number of hydrogen-bond acceptors (Lipinski definition) is 5. The van der Waals surface area contributed by atoms with Crippen molar-refractivity contribution in [2.75, 3.05) is 0 Å². The largest absolute Gasteiger partial charge is 0.501 e. The van der Waals surface area contributed by atoms with Crippen LogP contribution in [-0.2, 0) is 15.5 Å². The van der Waals surface area contributed by atoms with Crippen LogP contribution in [0.2, 0.25) is 0 Å². The fraction of sp³-hybridized carbons (Fsp3) is 0.185. The molecule has 0 radical (unpaired) electrons. The van der Waals surface area contributed by atoms with E-state index >= 15 is 0 Å². The summed E-state index contributed by atoms with van der Waals surface area (Å²) in [6, 6.07) is 22.9. The lowest BCUT2D eigenvalue weighted by Crippen LogP contribution is -2.22. The molecule has 0 fully saturated rings. The van der Waals surface area contributed by atoms with E-state index in [1.807, 2.05) is 12.1 Å². The van der Waals surface area contributed by atoms with E-state index in [-0.39, 0.29) is 38.3 Å². The van der Waals surface area contributed by atoms with Crippen LogP contribution in [-0.4, -0.2) is 13.5 Å². The van der Waals surface area contributed by atoms with Gasteiger partial charge in [0, 0.05) is 16.2 Å². The van der Waals surface area contributed by atoms with Gasteiger partial charge in [-0.2, -0.15) is 8.42 Å². The Labute approximate surface area is 199 Å². The second-order valence-corrected chi connectivity index (χ2v) is 10.0. The van der Waals surface area contributed by atoms with Gasteiger partial charge in [-0.05, 0) is 36.6 Å². The molecular weight excluding hydrogens is 448 g/mol. The minimum atomic E-state index is -4.28. The summed E-state index contributed by atoms with van der Waals surface area (Å²) < 4.78 is 31.7. The van der Waals surface area contributed by atoms with Crippen LogP contribution in [0.5, 0.6) is 11.5 Å². The Morgan fingerprint density at radius 3 is 2.06 bits per heavy atom. The third-order valence-electron chi connectivity index (χ3n) is 6.43. The summed E-state index contributed by atoms with van der Waals surface area (Å²) in [5.74, 6) is -0.151. The SMILES string of the molecule is CCC(C)(c1ccc(C)cc1)c1ccc(OS(=O)(=O)c2cc([N+]#N)c(O)c3ccccc23)cc1. The number of hydrogen-bond donors (Lipinski definition) is 1. The maximum absolute atomic E-state index is 13.2. The van der Waals surface area contributed by atoms with Crippen molar-refractivity contribution < 1.29 is 17.7 Å². The van der Waals surface area contributed by atoms with Crippen molar-refractivity contribution in [3.63, 3.8) is 0 Å². The summed E-state index contributed by atoms with van der Waals surface area (Å²) in [5, 5.41) is 20.0. The average molecular weight is 474 g/mol. The molecule has 0 aliphatic rings. The molecule has 0 aromatic heterocycles. The molecule has 0 spiro atoms. The first-order valence-electron chi connectivity index (χ1n) is 10.9. The molecule has 0 aliphatic carbocycles. The maximum atomic E-state index is 13.2. The van der Waals surface area contributed by atoms with Gasteiger partial charge in [0.05, 0.1) is 6.07 Å². The van der Waals surface area contributed by atoms with E-state index in [1.165, 1.54) is 11.1 Å². The fourth-order valence-corrected chi connectivity index (χ4v) is 5.30. The molecule has 4 rings (SSSR count). The number of phenolic OH excluding ortho intramolecular Hbond substituents is 1. The van der Waals surface area contributed by atoms with E-state index in [9.17, 15) is 18.9 Å². The Bertz CT molecular complexity index is 1510. The first kappa shape index (κ1) is 23.3. The van der Waals surface area contributed by atoms with Crippen LogP contribution in [0.1, 0.15) is 37.0 Å². The third kappa shape index (κ3) is 4.09. The smallest absolute Gasteiger partial charge is 0.428 e. The van der Waals surface area contributed by atoms with Gasteiger partial charge in [-0.3, -0.25) is 0 Å². The summed E-state index contributed by atoms with van der Waals surface area (Å²) in [5.41, 5.74) is 2.91. The summed E-state index contributed by atoms with van der Waals surface area (Å²) in [6.07, 6.45) is 0.863. The highest BCUT2D eigenvalue weighted by molar-refractivity contribution is 7.87. The van der Waals surface area contributed by atoms with Crippen LogP contribution in [0, 0.1) is 12.3 Å². The number of diazo groups is 1. The molecular formula is C27H25N2O4S+. The highest BCUT2D eigenvalue weighted by atomic mass is 32.2. The molecule has 0 heterocycles. The molecule has 4 aromatic carbocycles. The monoisotopic (exact) mass is 473 g/mol. The fourth-order valence-electron chi connectivity index (χ4n) is 4.14. The molecule has 6 nitrogen and oxygen atoms in total. The molecule has 0 saturated heterocycles. The summed E-state index contributed by atoms with van der Waals surface area (Å²) in [6.45, 7) is 6.33. The van der Waals surface area contributed by atoms with Crippen molar-refractivity contribution in [2.24, 2.45) is 0 Å². The van der Waals surface area contributed by atoms with Crippen LogP contribution in [0.3, 0.4) is 0 Å². The average Bonchev–Trinajstić information content (AvgIpc) is 2.84. The second-order valence-electron chi connectivity index (χ2n) is 8.50. The molecule has 0 saturated carbocycles. The van der Waals surface area contributed by atoms with Gasteiger partial charge in [0.2, 0.25) is 11.1 Å². The van der Waals surface area contributed by atoms with E-state index < -0.39 is 10.1 Å². The summed E-state index contributed by atoms with van der Waals surface area (Å²) in [4.78, 5) is 2.82. The van der Waals surface area contributed by atoms with Crippen LogP contribution in [0.25, 0.3) is 15.7 Å². The van der Waals surface area contributed by atoms with Crippen molar-refractivity contribution in [1.82, 2.24) is 0 Å². The molecule has 1 N–H and O–H groups in total. The van der Waals surface area contributed by atoms with Crippen molar-refractivity contribution in [2.45, 2.75) is 37.5 Å². The highest BCUT2D eigenvalue weighted by Crippen LogP contribution is 2.40. The zero-order valence-corrected chi connectivity index (χ0v) is 20.0. The topological polar surface area (TPSA) is 91.8 Å². The molecule has 0 aliphatic heterocycles. The van der Waals surface area contributed by atoms with Crippen molar-refractivity contribution >= 4 is 26.6 Å². The second kappa shape index (κ2) is 8.81. The number of rotatable bonds is 6. The molecule has 34 heavy (non-hydrogen) atoms. The van der Waals surface area contributed by atoms with Crippen molar-refractivity contribution in [1.29, 1.82) is 5.39 Å². The molecule has 7 heteroatoms. The number of aryl methyl sites for hydroxylation is 1. The van der Waals surface area contributed by atoms with Gasteiger partial charge in [-0.25, -0.2) is 0 Å². The first-order chi connectivity index (χ1) is 16.2. The Hall–Kier alpha value is -3.89. The van der Waals surface area contributed by atoms with Gasteiger partial charge >= 0.3 is 15.8 Å². The third-order valence-corrected chi connectivity index (χ3v) is 7.72. The predicted octanol–water partition coefficient (Wildman–Crippen LogP) is 6.82. The Balaban J connectivity index is 1.70. The predicted molar refractivity (Wildman–Crippen MR) is 133 cm³/mol. The van der Waals surface area contributed by atoms with Gasteiger partial charge in [0.15, 0.2) is 4.98 Å². The molecule has 0 amide bonds. The van der Waals surface area contributed by atoms with Gasteiger partial charge in [0.1, 0.15) is 10.6 Å². The quantitative estimate of drug-likeness (QED) is 0.245. The minimum Gasteiger partial charge on any atom is -0.501 e. The molecule has 172 valence electrons. The van der Waals surface area contributed by atoms with E-state index in [0.717, 1.165) is 18.1 Å². The molecule has 1 unspecified atom stereocenters. The first-order valence-corrected chi connectivity index (χ1v) is 12.3. The lowest BCUT2D eigenvalue weighted by molar-refractivity contribution is 0.482. The van der Waals surface area contributed by atoms with Gasteiger partial charge in [-0.15, -0.1) is 0 Å². The van der Waals surface area contributed by atoms with Crippen LogP contribution in [0.15, 0.2) is 83.8 Å². The van der Waals surface area contributed by atoms with Crippen LogP contribution >= 0.6 is 0 Å². The van der Waals surface area contributed by atoms with E-state index in [1.54, 1.807) is 36.4 Å². The molecule has 0 bridgehead atoms. The summed E-state index contributed by atoms with van der Waals surface area (Å²) >= 11 is 0. The minimum absolute atomic E-state index is 0.158. The van der Waals surface area contributed by atoms with E-state index in [0.29, 0.717) is 0 Å². The van der Waals surface area contributed by atoms with Crippen LogP contribution < -0.4 is 4.18 Å². The Morgan fingerprint density at radius 1 is 0.941 bits per heavy atom. The van der Waals surface area contributed by atoms with Gasteiger partial charge in [0.25, 0.3) is 0 Å². The standard InChI is InChI=1S/C27H24N2O4S/c1-4-27(3,19-11-9-18(2)10-12-19)20-13-15-21(16-14-20)33-34(31,32)25-17-24(29-28)26(30)23-8-6-5-7-22(23)25/h5-17H,4H2,1-3H3/p+1. The van der Waals surface area contributed by atoms with Crippen molar-refractivity contribution in [3.05, 3.63) is 101 Å². The number of benzene rings is 4. The Kier molecular flexibility index (Phi) is 6.03. The number of aromatic hydroxyl groups is 1. The van der Waals surface area contributed by atoms with Gasteiger partial charge < -0.3 is 9.29 Å². The van der Waals surface area contributed by atoms with Crippen molar-refractivity contribution in [3.8, 4) is 11.5 Å². The van der Waals surface area contributed by atoms with Crippen LogP contribution in [0.4, 0.5) is 5.69 Å². The summed E-state index contributed by atoms with van der Waals surface area (Å²) in [7, 11) is -4.28. The number of fused-ring (bicyclic) bond motifs is 1. The zero-order chi connectivity index (χ0) is 24.5. The molecule has 4 aromatic rings. The molecule has 1 atom stereocenters. The lowest BCUT2D eigenvalue weighted by Gasteiger charge is -2.30. The highest BCUT2D eigenvalue weighted by Gasteiger charge is 2.29. The number of nitrogens with zero attached hydrogens (tertiary/aromatic N) is 2. The van der Waals surface area contributed by atoms with E-state index in [2.05, 4.69) is 50.0 Å². The zero-order valence-electron chi connectivity index (χ0n) is 19.2. The maximum Gasteiger partial charge on any atom is 0.428 e.